The van der Waals surface area contributed by atoms with E-state index in [9.17, 15) is 8.78 Å². The quantitative estimate of drug-likeness (QED) is 0.769. The van der Waals surface area contributed by atoms with Crippen molar-refractivity contribution in [2.45, 2.75) is 0 Å². The SMILES string of the molecule is Fc1ccc(-n2cc(Br)cn2)cc1F. The summed E-state index contributed by atoms with van der Waals surface area (Å²) in [6.07, 6.45) is 3.23. The van der Waals surface area contributed by atoms with E-state index in [1.54, 1.807) is 12.4 Å². The highest BCUT2D eigenvalue weighted by Gasteiger charge is 2.04. The lowest BCUT2D eigenvalue weighted by Gasteiger charge is -2.00. The van der Waals surface area contributed by atoms with E-state index < -0.39 is 11.6 Å². The van der Waals surface area contributed by atoms with Crippen LogP contribution in [0.5, 0.6) is 0 Å². The van der Waals surface area contributed by atoms with Gasteiger partial charge in [0.15, 0.2) is 11.6 Å². The third-order valence-corrected chi connectivity index (χ3v) is 2.13. The van der Waals surface area contributed by atoms with Gasteiger partial charge in [-0.05, 0) is 28.1 Å². The van der Waals surface area contributed by atoms with Gasteiger partial charge in [0.2, 0.25) is 0 Å². The maximum Gasteiger partial charge on any atom is 0.160 e. The first kappa shape index (κ1) is 9.33. The molecule has 1 heterocycles. The molecule has 0 aliphatic heterocycles. The smallest absolute Gasteiger partial charge is 0.160 e. The van der Waals surface area contributed by atoms with Crippen LogP contribution in [0.2, 0.25) is 0 Å². The maximum atomic E-state index is 12.8. The number of hydrogen-bond donors (Lipinski definition) is 0. The van der Waals surface area contributed by atoms with Crippen molar-refractivity contribution >= 4 is 15.9 Å². The van der Waals surface area contributed by atoms with E-state index in [0.717, 1.165) is 16.6 Å². The first-order valence-corrected chi connectivity index (χ1v) is 4.62. The minimum Gasteiger partial charge on any atom is -0.240 e. The highest BCUT2D eigenvalue weighted by Crippen LogP contribution is 2.15. The molecule has 1 aromatic heterocycles. The Kier molecular flexibility index (Phi) is 2.33. The molecule has 0 amide bonds. The number of aromatic nitrogens is 2. The molecule has 14 heavy (non-hydrogen) atoms. The van der Waals surface area contributed by atoms with Crippen molar-refractivity contribution in [3.05, 3.63) is 46.7 Å². The third kappa shape index (κ3) is 1.68. The molecule has 0 atom stereocenters. The van der Waals surface area contributed by atoms with Crippen molar-refractivity contribution in [2.24, 2.45) is 0 Å². The van der Waals surface area contributed by atoms with Gasteiger partial charge in [0.1, 0.15) is 0 Å². The second-order valence-corrected chi connectivity index (χ2v) is 3.62. The van der Waals surface area contributed by atoms with E-state index in [4.69, 9.17) is 0 Å². The Labute approximate surface area is 87.3 Å². The van der Waals surface area contributed by atoms with E-state index in [1.165, 1.54) is 10.7 Å². The maximum absolute atomic E-state index is 12.8. The Balaban J connectivity index is 2.47. The second kappa shape index (κ2) is 3.49. The fourth-order valence-corrected chi connectivity index (χ4v) is 1.36. The van der Waals surface area contributed by atoms with Crippen molar-refractivity contribution in [3.63, 3.8) is 0 Å². The van der Waals surface area contributed by atoms with Gasteiger partial charge in [-0.15, -0.1) is 0 Å². The summed E-state index contributed by atoms with van der Waals surface area (Å²) in [5.74, 6) is -1.74. The van der Waals surface area contributed by atoms with Gasteiger partial charge in [-0.25, -0.2) is 13.5 Å². The van der Waals surface area contributed by atoms with Gasteiger partial charge in [0.05, 0.1) is 16.4 Å². The minimum absolute atomic E-state index is 0.481. The normalized spacial score (nSPS) is 10.5. The van der Waals surface area contributed by atoms with Crippen molar-refractivity contribution in [3.8, 4) is 5.69 Å². The van der Waals surface area contributed by atoms with Crippen LogP contribution in [0.15, 0.2) is 35.1 Å². The van der Waals surface area contributed by atoms with Crippen molar-refractivity contribution in [2.75, 3.05) is 0 Å². The van der Waals surface area contributed by atoms with Gasteiger partial charge in [-0.3, -0.25) is 0 Å². The van der Waals surface area contributed by atoms with Gasteiger partial charge < -0.3 is 0 Å². The second-order valence-electron chi connectivity index (χ2n) is 2.70. The van der Waals surface area contributed by atoms with E-state index in [-0.39, 0.29) is 0 Å². The molecule has 72 valence electrons. The number of hydrogen-bond acceptors (Lipinski definition) is 1. The Morgan fingerprint density at radius 1 is 1.21 bits per heavy atom. The average Bonchev–Trinajstić information content (AvgIpc) is 2.57. The van der Waals surface area contributed by atoms with Crippen LogP contribution in [0.1, 0.15) is 0 Å². The Morgan fingerprint density at radius 2 is 2.00 bits per heavy atom. The molecule has 5 heteroatoms. The largest absolute Gasteiger partial charge is 0.240 e. The van der Waals surface area contributed by atoms with Crippen molar-refractivity contribution in [1.82, 2.24) is 9.78 Å². The molecule has 0 fully saturated rings. The van der Waals surface area contributed by atoms with Crippen LogP contribution in [-0.2, 0) is 0 Å². The fraction of sp³-hybridized carbons (Fsp3) is 0. The van der Waals surface area contributed by atoms with E-state index in [2.05, 4.69) is 21.0 Å². The summed E-state index contributed by atoms with van der Waals surface area (Å²) in [6.45, 7) is 0. The number of halogens is 3. The van der Waals surface area contributed by atoms with Crippen LogP contribution in [-0.4, -0.2) is 9.78 Å². The molecular weight excluding hydrogens is 254 g/mol. The molecule has 0 unspecified atom stereocenters. The van der Waals surface area contributed by atoms with Gasteiger partial charge in [-0.2, -0.15) is 5.10 Å². The highest BCUT2D eigenvalue weighted by atomic mass is 79.9. The molecule has 0 bridgehead atoms. The van der Waals surface area contributed by atoms with Crippen LogP contribution in [0.25, 0.3) is 5.69 Å². The van der Waals surface area contributed by atoms with Crippen LogP contribution < -0.4 is 0 Å². The summed E-state index contributed by atoms with van der Waals surface area (Å²) >= 11 is 3.21. The lowest BCUT2D eigenvalue weighted by molar-refractivity contribution is 0.507. The van der Waals surface area contributed by atoms with E-state index in [1.807, 2.05) is 0 Å². The summed E-state index contributed by atoms with van der Waals surface area (Å²) in [6, 6.07) is 3.62. The first-order valence-electron chi connectivity index (χ1n) is 3.82. The molecule has 0 radical (unpaired) electrons. The molecule has 2 nitrogen and oxygen atoms in total. The molecule has 0 N–H and O–H groups in total. The molecule has 0 spiro atoms. The van der Waals surface area contributed by atoms with Gasteiger partial charge in [0.25, 0.3) is 0 Å². The third-order valence-electron chi connectivity index (χ3n) is 1.72. The van der Waals surface area contributed by atoms with Gasteiger partial charge >= 0.3 is 0 Å². The summed E-state index contributed by atoms with van der Waals surface area (Å²) in [7, 11) is 0. The monoisotopic (exact) mass is 258 g/mol. The minimum atomic E-state index is -0.880. The number of benzene rings is 1. The van der Waals surface area contributed by atoms with Crippen molar-refractivity contribution < 1.29 is 8.78 Å². The van der Waals surface area contributed by atoms with E-state index in [0.29, 0.717) is 5.69 Å². The Hall–Kier alpha value is -1.23. The molecule has 2 aromatic rings. The molecule has 0 saturated heterocycles. The van der Waals surface area contributed by atoms with Crippen LogP contribution in [0.3, 0.4) is 0 Å². The zero-order chi connectivity index (χ0) is 10.1. The topological polar surface area (TPSA) is 17.8 Å². The molecule has 0 saturated carbocycles. The fourth-order valence-electron chi connectivity index (χ4n) is 1.07. The summed E-state index contributed by atoms with van der Waals surface area (Å²) in [4.78, 5) is 0. The van der Waals surface area contributed by atoms with Crippen molar-refractivity contribution in [1.29, 1.82) is 0 Å². The Bertz CT molecular complexity index is 468. The lowest BCUT2D eigenvalue weighted by atomic mass is 10.3. The predicted molar refractivity (Wildman–Crippen MR) is 51.2 cm³/mol. The van der Waals surface area contributed by atoms with Crippen LogP contribution in [0.4, 0.5) is 8.78 Å². The van der Waals surface area contributed by atoms with Gasteiger partial charge in [0, 0.05) is 12.3 Å². The first-order chi connectivity index (χ1) is 6.66. The molecule has 2 rings (SSSR count). The molecule has 0 aliphatic carbocycles. The average molecular weight is 259 g/mol. The predicted octanol–water partition coefficient (Wildman–Crippen LogP) is 2.91. The summed E-state index contributed by atoms with van der Waals surface area (Å²) < 4.78 is 27.7. The van der Waals surface area contributed by atoms with Gasteiger partial charge in [-0.1, -0.05) is 0 Å². The zero-order valence-electron chi connectivity index (χ0n) is 6.92. The summed E-state index contributed by atoms with van der Waals surface area (Å²) in [5, 5.41) is 3.94. The highest BCUT2D eigenvalue weighted by molar-refractivity contribution is 9.10. The standard InChI is InChI=1S/C9H5BrF2N2/c10-6-4-13-14(5-6)7-1-2-8(11)9(12)3-7/h1-5H. The molecular formula is C9H5BrF2N2. The van der Waals surface area contributed by atoms with Crippen LogP contribution >= 0.6 is 15.9 Å². The molecule has 0 aliphatic rings. The summed E-state index contributed by atoms with van der Waals surface area (Å²) in [5.41, 5.74) is 0.481. The number of nitrogens with zero attached hydrogens (tertiary/aromatic N) is 2. The zero-order valence-corrected chi connectivity index (χ0v) is 8.50. The lowest BCUT2D eigenvalue weighted by Crippen LogP contribution is -1.95. The number of rotatable bonds is 1. The Morgan fingerprint density at radius 3 is 2.57 bits per heavy atom. The molecule has 1 aromatic carbocycles. The van der Waals surface area contributed by atoms with Crippen LogP contribution in [0, 0.1) is 11.6 Å². The van der Waals surface area contributed by atoms with E-state index >= 15 is 0 Å².